The Morgan fingerprint density at radius 1 is 0.946 bits per heavy atom. The molecule has 0 radical (unpaired) electrons. The number of amidine groups is 1. The van der Waals surface area contributed by atoms with Crippen LogP contribution in [-0.4, -0.2) is 17.7 Å². The number of benzene rings is 4. The number of rotatable bonds is 7. The van der Waals surface area contributed by atoms with Crippen LogP contribution < -0.4 is 14.8 Å². The van der Waals surface area contributed by atoms with Crippen LogP contribution in [0.1, 0.15) is 18.1 Å². The summed E-state index contributed by atoms with van der Waals surface area (Å²) in [5.41, 5.74) is 2.44. The molecule has 5 rings (SSSR count). The van der Waals surface area contributed by atoms with Crippen molar-refractivity contribution in [1.82, 2.24) is 5.32 Å². The molecule has 1 aliphatic rings. The first kappa shape index (κ1) is 25.2. The number of carbonyl (C=O) groups is 1. The number of aliphatic imine (C=N–C) groups is 1. The second-order valence-electron chi connectivity index (χ2n) is 8.15. The van der Waals surface area contributed by atoms with E-state index in [4.69, 9.17) is 32.7 Å². The van der Waals surface area contributed by atoms with Crippen molar-refractivity contribution in [3.8, 4) is 11.5 Å². The van der Waals surface area contributed by atoms with E-state index in [1.54, 1.807) is 18.2 Å². The van der Waals surface area contributed by atoms with Gasteiger partial charge in [-0.1, -0.05) is 65.7 Å². The molecule has 0 aliphatic carbocycles. The number of amides is 1. The molecular formula is C29H22Cl2N2O3S. The Balaban J connectivity index is 1.31. The summed E-state index contributed by atoms with van der Waals surface area (Å²) in [6, 6.07) is 25.0. The Kier molecular flexibility index (Phi) is 7.70. The predicted molar refractivity (Wildman–Crippen MR) is 153 cm³/mol. The molecule has 4 aromatic rings. The largest absolute Gasteiger partial charge is 0.494 e. The second-order valence-corrected chi connectivity index (χ2v) is 9.99. The van der Waals surface area contributed by atoms with Crippen molar-refractivity contribution >= 4 is 68.6 Å². The average molecular weight is 549 g/mol. The number of hydrogen-bond donors (Lipinski definition) is 1. The van der Waals surface area contributed by atoms with Crippen LogP contribution >= 0.6 is 35.0 Å². The Labute approximate surface area is 229 Å². The standard InChI is InChI=1S/C29H22Cl2N2O3S/c1-2-35-22-12-10-21(11-13-22)32-29-33-28(34)26(37-29)16-18-14-24(30)27(25(31)15-18)36-17-20-8-5-7-19-6-3-4-9-23(19)20/h3-16H,2,17H2,1H3,(H,32,33,34)/b26-16+. The van der Waals surface area contributed by atoms with Crippen molar-refractivity contribution in [3.05, 3.63) is 105 Å². The molecule has 0 atom stereocenters. The third kappa shape index (κ3) is 5.93. The van der Waals surface area contributed by atoms with E-state index in [1.165, 1.54) is 11.8 Å². The van der Waals surface area contributed by atoms with Gasteiger partial charge in [-0.2, -0.15) is 0 Å². The first-order valence-corrected chi connectivity index (χ1v) is 13.2. The minimum Gasteiger partial charge on any atom is -0.494 e. The third-order valence-corrected chi connectivity index (χ3v) is 7.07. The fraction of sp³-hybridized carbons (Fsp3) is 0.103. The molecule has 0 aromatic heterocycles. The molecule has 4 aromatic carbocycles. The molecule has 5 nitrogen and oxygen atoms in total. The molecule has 1 N–H and O–H groups in total. The predicted octanol–water partition coefficient (Wildman–Crippen LogP) is 8.02. The van der Waals surface area contributed by atoms with Crippen LogP contribution in [0.25, 0.3) is 16.8 Å². The first-order chi connectivity index (χ1) is 18.0. The monoisotopic (exact) mass is 548 g/mol. The van der Waals surface area contributed by atoms with Gasteiger partial charge in [0.1, 0.15) is 12.4 Å². The van der Waals surface area contributed by atoms with Gasteiger partial charge in [-0.25, -0.2) is 4.99 Å². The van der Waals surface area contributed by atoms with Gasteiger partial charge in [-0.05, 0) is 83.1 Å². The summed E-state index contributed by atoms with van der Waals surface area (Å²) in [4.78, 5) is 17.5. The highest BCUT2D eigenvalue weighted by molar-refractivity contribution is 8.18. The molecule has 1 heterocycles. The maximum atomic E-state index is 12.5. The molecule has 1 aliphatic heterocycles. The summed E-state index contributed by atoms with van der Waals surface area (Å²) in [5.74, 6) is 0.936. The zero-order chi connectivity index (χ0) is 25.8. The molecule has 186 valence electrons. The van der Waals surface area contributed by atoms with Gasteiger partial charge in [0.15, 0.2) is 10.9 Å². The van der Waals surface area contributed by atoms with E-state index in [0.717, 1.165) is 22.1 Å². The molecule has 1 fully saturated rings. The fourth-order valence-corrected chi connectivity index (χ4v) is 5.36. The number of carbonyl (C=O) groups excluding carboxylic acids is 1. The molecule has 1 saturated heterocycles. The first-order valence-electron chi connectivity index (χ1n) is 11.6. The van der Waals surface area contributed by atoms with Gasteiger partial charge in [0, 0.05) is 0 Å². The maximum Gasteiger partial charge on any atom is 0.264 e. The normalized spacial score (nSPS) is 15.4. The Morgan fingerprint density at radius 3 is 2.43 bits per heavy atom. The highest BCUT2D eigenvalue weighted by Crippen LogP contribution is 2.37. The summed E-state index contributed by atoms with van der Waals surface area (Å²) >= 11 is 14.3. The van der Waals surface area contributed by atoms with Crippen molar-refractivity contribution < 1.29 is 14.3 Å². The van der Waals surface area contributed by atoms with E-state index in [2.05, 4.69) is 28.5 Å². The minimum absolute atomic E-state index is 0.238. The smallest absolute Gasteiger partial charge is 0.264 e. The number of nitrogens with zero attached hydrogens (tertiary/aromatic N) is 1. The lowest BCUT2D eigenvalue weighted by Gasteiger charge is -2.12. The Bertz CT molecular complexity index is 1510. The van der Waals surface area contributed by atoms with E-state index in [-0.39, 0.29) is 5.91 Å². The topological polar surface area (TPSA) is 59.9 Å². The molecule has 0 bridgehead atoms. The third-order valence-electron chi connectivity index (χ3n) is 5.60. The SMILES string of the molecule is CCOc1ccc(N=C2NC(=O)/C(=C\c3cc(Cl)c(OCc4cccc5ccccc45)c(Cl)c3)S2)cc1. The second kappa shape index (κ2) is 11.3. The van der Waals surface area contributed by atoms with Gasteiger partial charge in [-0.15, -0.1) is 0 Å². The van der Waals surface area contributed by atoms with E-state index < -0.39 is 0 Å². The highest BCUT2D eigenvalue weighted by atomic mass is 35.5. The molecule has 37 heavy (non-hydrogen) atoms. The molecule has 8 heteroatoms. The number of halogens is 2. The number of ether oxygens (including phenoxy) is 2. The van der Waals surface area contributed by atoms with Crippen LogP contribution in [0.4, 0.5) is 5.69 Å². The number of hydrogen-bond acceptors (Lipinski definition) is 5. The van der Waals surface area contributed by atoms with Gasteiger partial charge in [0.2, 0.25) is 0 Å². The maximum absolute atomic E-state index is 12.5. The molecule has 0 spiro atoms. The van der Waals surface area contributed by atoms with Crippen LogP contribution in [0.5, 0.6) is 11.5 Å². The molecule has 0 saturated carbocycles. The van der Waals surface area contributed by atoms with Crippen molar-refractivity contribution in [2.75, 3.05) is 6.61 Å². The number of nitrogens with one attached hydrogen (secondary N) is 1. The van der Waals surface area contributed by atoms with Crippen molar-refractivity contribution in [2.45, 2.75) is 13.5 Å². The van der Waals surface area contributed by atoms with Gasteiger partial charge in [0.25, 0.3) is 5.91 Å². The van der Waals surface area contributed by atoms with Crippen LogP contribution in [0.15, 0.2) is 88.8 Å². The Hall–Kier alpha value is -3.45. The average Bonchev–Trinajstić information content (AvgIpc) is 3.23. The van der Waals surface area contributed by atoms with Crippen molar-refractivity contribution in [1.29, 1.82) is 0 Å². The zero-order valence-corrected chi connectivity index (χ0v) is 22.2. The summed E-state index contributed by atoms with van der Waals surface area (Å²) in [6.45, 7) is 2.85. The van der Waals surface area contributed by atoms with Crippen LogP contribution in [0.2, 0.25) is 10.0 Å². The van der Waals surface area contributed by atoms with E-state index >= 15 is 0 Å². The summed E-state index contributed by atoms with van der Waals surface area (Å²) in [7, 11) is 0. The van der Waals surface area contributed by atoms with Crippen LogP contribution in [-0.2, 0) is 11.4 Å². The fourth-order valence-electron chi connectivity index (χ4n) is 3.90. The van der Waals surface area contributed by atoms with Crippen molar-refractivity contribution in [2.24, 2.45) is 4.99 Å². The Morgan fingerprint density at radius 2 is 1.68 bits per heavy atom. The number of fused-ring (bicyclic) bond motifs is 1. The van der Waals surface area contributed by atoms with Gasteiger partial charge < -0.3 is 14.8 Å². The molecule has 1 amide bonds. The van der Waals surface area contributed by atoms with Gasteiger partial charge in [0.05, 0.1) is 27.2 Å². The van der Waals surface area contributed by atoms with E-state index in [0.29, 0.717) is 50.3 Å². The molecular weight excluding hydrogens is 527 g/mol. The minimum atomic E-state index is -0.238. The lowest BCUT2D eigenvalue weighted by molar-refractivity contribution is -0.115. The van der Waals surface area contributed by atoms with Gasteiger partial charge in [-0.3, -0.25) is 4.79 Å². The van der Waals surface area contributed by atoms with E-state index in [1.807, 2.05) is 55.5 Å². The summed E-state index contributed by atoms with van der Waals surface area (Å²) in [5, 5.41) is 6.27. The van der Waals surface area contributed by atoms with Gasteiger partial charge >= 0.3 is 0 Å². The number of thioether (sulfide) groups is 1. The highest BCUT2D eigenvalue weighted by Gasteiger charge is 2.24. The van der Waals surface area contributed by atoms with E-state index in [9.17, 15) is 4.79 Å². The molecule has 0 unspecified atom stereocenters. The summed E-state index contributed by atoms with van der Waals surface area (Å²) < 4.78 is 11.5. The summed E-state index contributed by atoms with van der Waals surface area (Å²) in [6.07, 6.45) is 1.73. The van der Waals surface area contributed by atoms with Crippen LogP contribution in [0.3, 0.4) is 0 Å². The zero-order valence-electron chi connectivity index (χ0n) is 19.8. The quantitative estimate of drug-likeness (QED) is 0.237. The lowest BCUT2D eigenvalue weighted by atomic mass is 10.1. The van der Waals surface area contributed by atoms with Crippen molar-refractivity contribution in [3.63, 3.8) is 0 Å². The lowest BCUT2D eigenvalue weighted by Crippen LogP contribution is -2.19. The van der Waals surface area contributed by atoms with Crippen LogP contribution in [0, 0.1) is 0 Å².